The highest BCUT2D eigenvalue weighted by atomic mass is 32.1. The number of hydrogen-bond acceptors (Lipinski definition) is 5. The van der Waals surface area contributed by atoms with E-state index in [9.17, 15) is 4.79 Å². The Morgan fingerprint density at radius 2 is 2.14 bits per heavy atom. The lowest BCUT2D eigenvalue weighted by atomic mass is 10.2. The molecular weight excluding hydrogens is 314 g/mol. The second-order valence-corrected chi connectivity index (χ2v) is 6.20. The van der Waals surface area contributed by atoms with Crippen LogP contribution in [0.2, 0.25) is 0 Å². The molecule has 1 amide bonds. The molecule has 2 heterocycles. The molecule has 0 aliphatic heterocycles. The third kappa shape index (κ3) is 3.18. The fourth-order valence-corrected chi connectivity index (χ4v) is 3.12. The number of aryl methyl sites for hydroxylation is 1. The Labute approximate surface area is 137 Å². The molecule has 4 nitrogen and oxygen atoms in total. The fourth-order valence-electron chi connectivity index (χ4n) is 1.95. The second kappa shape index (κ2) is 6.29. The summed E-state index contributed by atoms with van der Waals surface area (Å²) in [7, 11) is 0. The summed E-state index contributed by atoms with van der Waals surface area (Å²) in [6.45, 7) is 1.88. The number of aromatic nitrogens is 2. The maximum Gasteiger partial charge on any atom is 0.256 e. The number of pyridine rings is 1. The van der Waals surface area contributed by atoms with Gasteiger partial charge in [-0.25, -0.2) is 4.98 Å². The Hall–Kier alpha value is -2.18. The van der Waals surface area contributed by atoms with E-state index >= 15 is 0 Å². The van der Waals surface area contributed by atoms with Crippen molar-refractivity contribution in [1.82, 2.24) is 9.97 Å². The minimum absolute atomic E-state index is 0.166. The van der Waals surface area contributed by atoms with Crippen LogP contribution in [0.4, 0.5) is 5.00 Å². The van der Waals surface area contributed by atoms with E-state index in [1.165, 1.54) is 11.3 Å². The monoisotopic (exact) mass is 327 g/mol. The fraction of sp³-hybridized carbons (Fsp3) is 0.0625. The van der Waals surface area contributed by atoms with Crippen molar-refractivity contribution < 1.29 is 4.79 Å². The number of hydrogen-bond donors (Lipinski definition) is 2. The summed E-state index contributed by atoms with van der Waals surface area (Å²) < 4.78 is 0. The summed E-state index contributed by atoms with van der Waals surface area (Å²) in [6, 6.07) is 10.9. The van der Waals surface area contributed by atoms with Crippen molar-refractivity contribution in [3.8, 4) is 10.6 Å². The van der Waals surface area contributed by atoms with Crippen molar-refractivity contribution >= 4 is 34.9 Å². The number of rotatable bonds is 3. The third-order valence-corrected chi connectivity index (χ3v) is 4.44. The topological polar surface area (TPSA) is 54.9 Å². The molecule has 1 N–H and O–H groups in total. The summed E-state index contributed by atoms with van der Waals surface area (Å²) in [4.78, 5) is 21.6. The number of anilines is 1. The zero-order valence-electron chi connectivity index (χ0n) is 11.8. The van der Waals surface area contributed by atoms with Crippen LogP contribution in [-0.4, -0.2) is 15.9 Å². The molecule has 3 rings (SSSR count). The zero-order valence-corrected chi connectivity index (χ0v) is 13.5. The molecule has 0 fully saturated rings. The molecule has 0 radical (unpaired) electrons. The molecule has 0 bridgehead atoms. The van der Waals surface area contributed by atoms with Gasteiger partial charge in [-0.15, -0.1) is 12.6 Å². The van der Waals surface area contributed by atoms with Crippen LogP contribution in [0, 0.1) is 6.92 Å². The number of carbonyl (C=O) groups is 1. The highest BCUT2D eigenvalue weighted by molar-refractivity contribution is 7.80. The van der Waals surface area contributed by atoms with E-state index in [1.54, 1.807) is 30.6 Å². The van der Waals surface area contributed by atoms with Gasteiger partial charge in [0, 0.05) is 28.4 Å². The van der Waals surface area contributed by atoms with Crippen LogP contribution in [-0.2, 0) is 0 Å². The number of thiazole rings is 1. The molecule has 2 aromatic heterocycles. The molecule has 0 unspecified atom stereocenters. The van der Waals surface area contributed by atoms with Gasteiger partial charge in [0.2, 0.25) is 0 Å². The molecule has 0 spiro atoms. The van der Waals surface area contributed by atoms with Gasteiger partial charge in [0.05, 0.1) is 5.69 Å². The normalized spacial score (nSPS) is 10.5. The first kappa shape index (κ1) is 14.7. The highest BCUT2D eigenvalue weighted by Gasteiger charge is 2.13. The Balaban J connectivity index is 1.84. The lowest BCUT2D eigenvalue weighted by Gasteiger charge is -2.03. The summed E-state index contributed by atoms with van der Waals surface area (Å²) in [5, 5.41) is 4.49. The smallest absolute Gasteiger partial charge is 0.256 e. The lowest BCUT2D eigenvalue weighted by molar-refractivity contribution is 0.102. The summed E-state index contributed by atoms with van der Waals surface area (Å²) >= 11 is 5.69. The molecule has 0 aliphatic rings. The minimum atomic E-state index is -0.166. The van der Waals surface area contributed by atoms with Crippen LogP contribution in [0.3, 0.4) is 0 Å². The third-order valence-electron chi connectivity index (χ3n) is 3.04. The predicted molar refractivity (Wildman–Crippen MR) is 91.7 cm³/mol. The maximum absolute atomic E-state index is 12.3. The van der Waals surface area contributed by atoms with Crippen LogP contribution < -0.4 is 5.32 Å². The maximum atomic E-state index is 12.3. The van der Waals surface area contributed by atoms with E-state index in [2.05, 4.69) is 27.9 Å². The van der Waals surface area contributed by atoms with Crippen molar-refractivity contribution in [3.05, 3.63) is 60.0 Å². The van der Waals surface area contributed by atoms with Gasteiger partial charge in [-0.3, -0.25) is 9.78 Å². The Bertz CT molecular complexity index is 815. The summed E-state index contributed by atoms with van der Waals surface area (Å²) in [6.07, 6.45) is 3.48. The number of nitrogens with one attached hydrogen (secondary N) is 1. The largest absolute Gasteiger partial charge is 0.312 e. The van der Waals surface area contributed by atoms with Gasteiger partial charge in [0.1, 0.15) is 10.0 Å². The summed E-state index contributed by atoms with van der Waals surface area (Å²) in [5.41, 5.74) is 2.30. The molecule has 0 saturated carbocycles. The SMILES string of the molecule is Cc1nc(-c2cccnc2)sc1NC(=O)c1cccc(S)c1. The van der Waals surface area contributed by atoms with Crippen molar-refractivity contribution in [3.63, 3.8) is 0 Å². The van der Waals surface area contributed by atoms with E-state index in [-0.39, 0.29) is 5.91 Å². The first-order chi connectivity index (χ1) is 10.6. The Morgan fingerprint density at radius 1 is 1.27 bits per heavy atom. The highest BCUT2D eigenvalue weighted by Crippen LogP contribution is 2.31. The van der Waals surface area contributed by atoms with Crippen LogP contribution in [0.1, 0.15) is 16.1 Å². The van der Waals surface area contributed by atoms with Gasteiger partial charge in [-0.1, -0.05) is 17.4 Å². The second-order valence-electron chi connectivity index (χ2n) is 4.68. The minimum Gasteiger partial charge on any atom is -0.312 e. The molecule has 3 aromatic rings. The van der Waals surface area contributed by atoms with E-state index in [1.807, 2.05) is 25.1 Å². The van der Waals surface area contributed by atoms with Gasteiger partial charge in [-0.05, 0) is 37.3 Å². The first-order valence-electron chi connectivity index (χ1n) is 6.61. The Kier molecular flexibility index (Phi) is 4.22. The Morgan fingerprint density at radius 3 is 2.86 bits per heavy atom. The molecule has 1 aromatic carbocycles. The molecule has 0 atom stereocenters. The van der Waals surface area contributed by atoms with Gasteiger partial charge < -0.3 is 5.32 Å². The van der Waals surface area contributed by atoms with Crippen LogP contribution in [0.15, 0.2) is 53.7 Å². The van der Waals surface area contributed by atoms with E-state index in [0.29, 0.717) is 5.56 Å². The van der Waals surface area contributed by atoms with Gasteiger partial charge in [-0.2, -0.15) is 0 Å². The average Bonchev–Trinajstić information content (AvgIpc) is 2.89. The van der Waals surface area contributed by atoms with Crippen LogP contribution in [0.5, 0.6) is 0 Å². The standard InChI is InChI=1S/C16H13N3OS2/c1-10-15(19-14(20)11-4-2-6-13(21)8-11)22-16(18-10)12-5-3-7-17-9-12/h2-9,21H,1H3,(H,19,20). The number of amides is 1. The molecule has 6 heteroatoms. The number of benzene rings is 1. The van der Waals surface area contributed by atoms with Gasteiger partial charge in [0.15, 0.2) is 0 Å². The van der Waals surface area contributed by atoms with Crippen LogP contribution >= 0.6 is 24.0 Å². The van der Waals surface area contributed by atoms with Gasteiger partial charge >= 0.3 is 0 Å². The quantitative estimate of drug-likeness (QED) is 0.713. The summed E-state index contributed by atoms with van der Waals surface area (Å²) in [5.74, 6) is -0.166. The van der Waals surface area contributed by atoms with E-state index in [4.69, 9.17) is 0 Å². The van der Waals surface area contributed by atoms with E-state index in [0.717, 1.165) is 26.2 Å². The van der Waals surface area contributed by atoms with Crippen molar-refractivity contribution in [2.75, 3.05) is 5.32 Å². The molecule has 0 saturated heterocycles. The predicted octanol–water partition coefficient (Wildman–Crippen LogP) is 4.05. The van der Waals surface area contributed by atoms with Crippen molar-refractivity contribution in [1.29, 1.82) is 0 Å². The molecule has 22 heavy (non-hydrogen) atoms. The number of thiol groups is 1. The molecule has 0 aliphatic carbocycles. The molecular formula is C16H13N3OS2. The number of carbonyl (C=O) groups excluding carboxylic acids is 1. The number of nitrogens with zero attached hydrogens (tertiary/aromatic N) is 2. The van der Waals surface area contributed by atoms with Crippen molar-refractivity contribution in [2.45, 2.75) is 11.8 Å². The zero-order chi connectivity index (χ0) is 15.5. The van der Waals surface area contributed by atoms with E-state index < -0.39 is 0 Å². The van der Waals surface area contributed by atoms with Crippen LogP contribution in [0.25, 0.3) is 10.6 Å². The first-order valence-corrected chi connectivity index (χ1v) is 7.88. The lowest BCUT2D eigenvalue weighted by Crippen LogP contribution is -2.11. The van der Waals surface area contributed by atoms with Gasteiger partial charge in [0.25, 0.3) is 5.91 Å². The average molecular weight is 327 g/mol. The van der Waals surface area contributed by atoms with Crippen molar-refractivity contribution in [2.24, 2.45) is 0 Å². The molecule has 110 valence electrons.